The number of carbonyl (C=O) groups is 1. The quantitative estimate of drug-likeness (QED) is 0.823. The van der Waals surface area contributed by atoms with Gasteiger partial charge in [0.1, 0.15) is 5.25 Å². The number of esters is 1. The number of methoxy groups -OCH3 is 1. The fraction of sp³-hybridized carbons (Fsp3) is 0.583. The molecule has 0 saturated carbocycles. The van der Waals surface area contributed by atoms with E-state index in [1.807, 2.05) is 0 Å². The van der Waals surface area contributed by atoms with Crippen LogP contribution in [0.15, 0.2) is 12.3 Å². The molecular weight excluding hydrogens is 268 g/mol. The lowest BCUT2D eigenvalue weighted by Crippen LogP contribution is -2.42. The van der Waals surface area contributed by atoms with E-state index in [9.17, 15) is 13.2 Å². The number of aromatic nitrogens is 1. The Morgan fingerprint density at radius 3 is 2.47 bits per heavy atom. The van der Waals surface area contributed by atoms with Gasteiger partial charge in [-0.1, -0.05) is 0 Å². The summed E-state index contributed by atoms with van der Waals surface area (Å²) >= 11 is 0. The van der Waals surface area contributed by atoms with Crippen molar-refractivity contribution in [2.45, 2.75) is 38.5 Å². The predicted molar refractivity (Wildman–Crippen MR) is 72.4 cm³/mol. The molecule has 2 N–H and O–H groups in total. The predicted octanol–water partition coefficient (Wildman–Crippen LogP) is 1.58. The maximum absolute atomic E-state index is 12.2. The number of rotatable bonds is 4. The fourth-order valence-corrected chi connectivity index (χ4v) is 3.21. The normalized spacial score (nSPS) is 14.2. The molecule has 0 aliphatic heterocycles. The molecule has 1 rings (SSSR count). The Balaban J connectivity index is 3.11. The molecule has 0 fully saturated rings. The van der Waals surface area contributed by atoms with E-state index in [1.165, 1.54) is 26.3 Å². The van der Waals surface area contributed by atoms with Gasteiger partial charge in [-0.25, -0.2) is 17.9 Å². The Kier molecular flexibility index (Phi) is 4.42. The van der Waals surface area contributed by atoms with Crippen LogP contribution in [0.3, 0.4) is 0 Å². The Morgan fingerprint density at radius 2 is 2.00 bits per heavy atom. The summed E-state index contributed by atoms with van der Waals surface area (Å²) in [5.41, 5.74) is -0.0247. The zero-order chi connectivity index (χ0) is 14.8. The molecule has 0 saturated heterocycles. The molecule has 19 heavy (non-hydrogen) atoms. The number of sulfonamides is 1. The summed E-state index contributed by atoms with van der Waals surface area (Å²) in [5.74, 6) is -0.561. The van der Waals surface area contributed by atoms with Crippen molar-refractivity contribution in [3.05, 3.63) is 23.5 Å². The van der Waals surface area contributed by atoms with Crippen LogP contribution in [0.4, 0.5) is 0 Å². The number of ether oxygens (including phenoxy) is 1. The van der Waals surface area contributed by atoms with Crippen molar-refractivity contribution in [3.63, 3.8) is 0 Å². The van der Waals surface area contributed by atoms with Crippen LogP contribution in [0.25, 0.3) is 0 Å². The second-order valence-electron chi connectivity index (χ2n) is 5.34. The maximum Gasteiger partial charge on any atom is 0.339 e. The summed E-state index contributed by atoms with van der Waals surface area (Å²) in [6, 6.07) is 1.50. The second kappa shape index (κ2) is 5.34. The van der Waals surface area contributed by atoms with Gasteiger partial charge in [0.25, 0.3) is 0 Å². The minimum absolute atomic E-state index is 0.231. The molecule has 108 valence electrons. The van der Waals surface area contributed by atoms with Crippen LogP contribution >= 0.6 is 0 Å². The molecule has 1 atom stereocenters. The number of nitrogens with one attached hydrogen (secondary N) is 2. The third-order valence-corrected chi connectivity index (χ3v) is 4.57. The highest BCUT2D eigenvalue weighted by atomic mass is 32.2. The molecule has 0 amide bonds. The van der Waals surface area contributed by atoms with E-state index in [4.69, 9.17) is 0 Å². The highest BCUT2D eigenvalue weighted by molar-refractivity contribution is 7.89. The van der Waals surface area contributed by atoms with E-state index in [-0.39, 0.29) is 5.56 Å². The molecule has 1 aromatic rings. The monoisotopic (exact) mass is 288 g/mol. The van der Waals surface area contributed by atoms with Crippen LogP contribution < -0.4 is 4.72 Å². The van der Waals surface area contributed by atoms with E-state index in [2.05, 4.69) is 14.4 Å². The zero-order valence-electron chi connectivity index (χ0n) is 11.8. The van der Waals surface area contributed by atoms with Gasteiger partial charge in [0, 0.05) is 17.4 Å². The van der Waals surface area contributed by atoms with Gasteiger partial charge in [0.15, 0.2) is 0 Å². The summed E-state index contributed by atoms with van der Waals surface area (Å²) in [7, 11) is -2.34. The van der Waals surface area contributed by atoms with Crippen LogP contribution in [0.2, 0.25) is 0 Å². The van der Waals surface area contributed by atoms with Crippen LogP contribution in [0, 0.1) is 0 Å². The van der Waals surface area contributed by atoms with Crippen molar-refractivity contribution in [1.29, 1.82) is 0 Å². The highest BCUT2D eigenvalue weighted by Crippen LogP contribution is 2.25. The molecule has 6 nitrogen and oxygen atoms in total. The smallest absolute Gasteiger partial charge is 0.339 e. The summed E-state index contributed by atoms with van der Waals surface area (Å²) < 4.78 is 31.6. The number of H-pyrrole nitrogens is 1. The van der Waals surface area contributed by atoms with Gasteiger partial charge < -0.3 is 9.72 Å². The first kappa shape index (κ1) is 15.7. The van der Waals surface area contributed by atoms with Crippen molar-refractivity contribution in [1.82, 2.24) is 9.71 Å². The van der Waals surface area contributed by atoms with Crippen molar-refractivity contribution < 1.29 is 17.9 Å². The van der Waals surface area contributed by atoms with E-state index < -0.39 is 26.8 Å². The average molecular weight is 288 g/mol. The Labute approximate surface area is 113 Å². The molecule has 1 aromatic heterocycles. The average Bonchev–Trinajstić information content (AvgIpc) is 2.72. The van der Waals surface area contributed by atoms with Crippen LogP contribution in [0.1, 0.15) is 49.0 Å². The van der Waals surface area contributed by atoms with Crippen molar-refractivity contribution in [2.24, 2.45) is 0 Å². The molecule has 0 radical (unpaired) electrons. The van der Waals surface area contributed by atoms with Gasteiger partial charge in [0.2, 0.25) is 10.0 Å². The number of hydrogen-bond acceptors (Lipinski definition) is 4. The summed E-state index contributed by atoms with van der Waals surface area (Å²) in [6.07, 6.45) is 1.52. The lowest BCUT2D eigenvalue weighted by molar-refractivity contribution is 0.0599. The van der Waals surface area contributed by atoms with E-state index in [0.717, 1.165) is 0 Å². The second-order valence-corrected chi connectivity index (χ2v) is 7.34. The Hall–Kier alpha value is -1.34. The molecule has 0 bridgehead atoms. The van der Waals surface area contributed by atoms with E-state index in [1.54, 1.807) is 20.8 Å². The molecular formula is C12H20N2O4S. The van der Waals surface area contributed by atoms with Gasteiger partial charge in [-0.15, -0.1) is 0 Å². The van der Waals surface area contributed by atoms with Gasteiger partial charge >= 0.3 is 5.97 Å². The van der Waals surface area contributed by atoms with Gasteiger partial charge in [-0.3, -0.25) is 0 Å². The number of carbonyl (C=O) groups excluding carboxylic acids is 1. The van der Waals surface area contributed by atoms with Crippen LogP contribution in [-0.4, -0.2) is 32.0 Å². The lowest BCUT2D eigenvalue weighted by Gasteiger charge is -2.23. The fourth-order valence-electron chi connectivity index (χ4n) is 1.68. The van der Waals surface area contributed by atoms with Gasteiger partial charge in [0.05, 0.1) is 12.7 Å². The Morgan fingerprint density at radius 1 is 1.42 bits per heavy atom. The summed E-state index contributed by atoms with van der Waals surface area (Å²) in [5, 5.41) is -0.879. The van der Waals surface area contributed by atoms with Gasteiger partial charge in [-0.2, -0.15) is 0 Å². The number of aromatic amines is 1. The van der Waals surface area contributed by atoms with Crippen molar-refractivity contribution >= 4 is 16.0 Å². The lowest BCUT2D eigenvalue weighted by atomic mass is 10.1. The van der Waals surface area contributed by atoms with Gasteiger partial charge in [-0.05, 0) is 33.8 Å². The third kappa shape index (κ3) is 3.81. The maximum atomic E-state index is 12.2. The molecule has 1 heterocycles. The van der Waals surface area contributed by atoms with Crippen LogP contribution in [-0.2, 0) is 14.8 Å². The van der Waals surface area contributed by atoms with E-state index in [0.29, 0.717) is 5.69 Å². The molecule has 7 heteroatoms. The topological polar surface area (TPSA) is 88.3 Å². The standard InChI is InChI=1S/C12H20N2O4S/c1-8(19(16,17)14-12(2,3)4)10-9(6-7-13-10)11(15)18-5/h6-8,13-14H,1-5H3. The highest BCUT2D eigenvalue weighted by Gasteiger charge is 2.31. The van der Waals surface area contributed by atoms with Crippen molar-refractivity contribution in [3.8, 4) is 0 Å². The minimum Gasteiger partial charge on any atom is -0.465 e. The van der Waals surface area contributed by atoms with E-state index >= 15 is 0 Å². The first-order valence-electron chi connectivity index (χ1n) is 5.87. The zero-order valence-corrected chi connectivity index (χ0v) is 12.6. The largest absolute Gasteiger partial charge is 0.465 e. The molecule has 0 aliphatic rings. The summed E-state index contributed by atoms with van der Waals surface area (Å²) in [6.45, 7) is 6.79. The first-order chi connectivity index (χ1) is 8.58. The number of hydrogen-bond donors (Lipinski definition) is 2. The SMILES string of the molecule is COC(=O)c1cc[nH]c1C(C)S(=O)(=O)NC(C)(C)C. The summed E-state index contributed by atoms with van der Waals surface area (Å²) in [4.78, 5) is 14.3. The molecule has 0 aliphatic carbocycles. The van der Waals surface area contributed by atoms with Crippen LogP contribution in [0.5, 0.6) is 0 Å². The Bertz CT molecular complexity index is 555. The third-order valence-electron chi connectivity index (χ3n) is 2.50. The molecule has 1 unspecified atom stereocenters. The molecule has 0 aromatic carbocycles. The first-order valence-corrected chi connectivity index (χ1v) is 7.41. The van der Waals surface area contributed by atoms with Crippen molar-refractivity contribution in [2.75, 3.05) is 7.11 Å². The molecule has 0 spiro atoms. The minimum atomic E-state index is -3.59.